The van der Waals surface area contributed by atoms with Gasteiger partial charge in [-0.3, -0.25) is 0 Å². The van der Waals surface area contributed by atoms with Crippen LogP contribution in [0.1, 0.15) is 44.7 Å². The molecule has 1 heterocycles. The van der Waals surface area contributed by atoms with E-state index >= 15 is 0 Å². The van der Waals surface area contributed by atoms with E-state index in [-0.39, 0.29) is 12.6 Å². The van der Waals surface area contributed by atoms with Crippen LogP contribution in [0.4, 0.5) is 4.79 Å². The maximum Gasteiger partial charge on any atom is 0.317 e. The quantitative estimate of drug-likeness (QED) is 0.833. The summed E-state index contributed by atoms with van der Waals surface area (Å²) in [6.45, 7) is 7.99. The Morgan fingerprint density at radius 3 is 2.55 bits per heavy atom. The molecule has 2 amide bonds. The summed E-state index contributed by atoms with van der Waals surface area (Å²) in [6.07, 6.45) is 1.52. The van der Waals surface area contributed by atoms with Crippen LogP contribution in [0.15, 0.2) is 4.52 Å². The first kappa shape index (κ1) is 16.5. The molecule has 0 atom stereocenters. The van der Waals surface area contributed by atoms with Crippen molar-refractivity contribution >= 4 is 6.03 Å². The Morgan fingerprint density at radius 2 is 2.05 bits per heavy atom. The van der Waals surface area contributed by atoms with Crippen LogP contribution in [0.5, 0.6) is 0 Å². The number of nitrogens with one attached hydrogen (secondary N) is 1. The molecule has 0 aromatic carbocycles. The summed E-state index contributed by atoms with van der Waals surface area (Å²) in [7, 11) is 1.66. The Morgan fingerprint density at radius 1 is 1.40 bits per heavy atom. The first-order valence-electron chi connectivity index (χ1n) is 6.96. The maximum atomic E-state index is 12.0. The van der Waals surface area contributed by atoms with E-state index in [1.807, 2.05) is 13.8 Å². The Balaban J connectivity index is 2.63. The van der Waals surface area contributed by atoms with Gasteiger partial charge in [0, 0.05) is 25.6 Å². The Labute approximate surface area is 120 Å². The van der Waals surface area contributed by atoms with Gasteiger partial charge in [0.2, 0.25) is 0 Å². The molecular weight excluding hydrogens is 258 g/mol. The molecule has 2 N–H and O–H groups in total. The van der Waals surface area contributed by atoms with Gasteiger partial charge in [-0.1, -0.05) is 19.0 Å². The summed E-state index contributed by atoms with van der Waals surface area (Å²) < 4.78 is 5.25. The molecule has 0 saturated heterocycles. The Kier molecular flexibility index (Phi) is 5.56. The molecule has 114 valence electrons. The molecule has 0 aliphatic rings. The van der Waals surface area contributed by atoms with Crippen LogP contribution in [0.3, 0.4) is 0 Å². The van der Waals surface area contributed by atoms with Crippen molar-refractivity contribution in [2.45, 2.75) is 52.7 Å². The van der Waals surface area contributed by atoms with E-state index in [9.17, 15) is 9.90 Å². The highest BCUT2D eigenvalue weighted by molar-refractivity contribution is 5.74. The number of urea groups is 1. The Bertz CT molecular complexity index is 428. The molecule has 1 aromatic heterocycles. The van der Waals surface area contributed by atoms with Crippen molar-refractivity contribution in [2.75, 3.05) is 13.6 Å². The van der Waals surface area contributed by atoms with E-state index in [4.69, 9.17) is 4.52 Å². The van der Waals surface area contributed by atoms with Gasteiger partial charge in [0.25, 0.3) is 0 Å². The molecule has 1 aromatic rings. The van der Waals surface area contributed by atoms with Gasteiger partial charge in [-0.05, 0) is 20.3 Å². The summed E-state index contributed by atoms with van der Waals surface area (Å²) in [4.78, 5) is 13.4. The third-order valence-electron chi connectivity index (χ3n) is 2.99. The van der Waals surface area contributed by atoms with Crippen LogP contribution in [0.25, 0.3) is 0 Å². The topological polar surface area (TPSA) is 78.6 Å². The number of likely N-dealkylation sites (N-methyl/N-ethyl adjacent to an activating group) is 1. The summed E-state index contributed by atoms with van der Waals surface area (Å²) in [5.41, 5.74) is 0.930. The van der Waals surface area contributed by atoms with Gasteiger partial charge in [-0.2, -0.15) is 0 Å². The minimum Gasteiger partial charge on any atom is -0.389 e. The molecule has 0 fully saturated rings. The molecular formula is C14H25N3O3. The number of aryl methyl sites for hydroxylation is 2. The molecule has 0 bridgehead atoms. The number of hydrogen-bond donors (Lipinski definition) is 2. The number of aromatic nitrogens is 1. The molecule has 0 unspecified atom stereocenters. The van der Waals surface area contributed by atoms with E-state index in [2.05, 4.69) is 10.5 Å². The third-order valence-corrected chi connectivity index (χ3v) is 2.99. The average Bonchev–Trinajstić information content (AvgIpc) is 2.75. The van der Waals surface area contributed by atoms with Crippen LogP contribution in [0, 0.1) is 0 Å². The third kappa shape index (κ3) is 4.52. The highest BCUT2D eigenvalue weighted by atomic mass is 16.5. The molecule has 20 heavy (non-hydrogen) atoms. The number of amides is 2. The van der Waals surface area contributed by atoms with Gasteiger partial charge < -0.3 is 19.8 Å². The molecule has 0 saturated carbocycles. The minimum atomic E-state index is -0.910. The van der Waals surface area contributed by atoms with Crippen LogP contribution >= 0.6 is 0 Å². The van der Waals surface area contributed by atoms with Crippen LogP contribution in [-0.2, 0) is 19.4 Å². The fraction of sp³-hybridized carbons (Fsp3) is 0.714. The predicted molar refractivity (Wildman–Crippen MR) is 76.4 cm³/mol. The fourth-order valence-electron chi connectivity index (χ4n) is 2.09. The lowest BCUT2D eigenvalue weighted by Gasteiger charge is -2.25. The average molecular weight is 283 g/mol. The number of carbonyl (C=O) groups is 1. The van der Waals surface area contributed by atoms with Gasteiger partial charge in [0.1, 0.15) is 5.76 Å². The highest BCUT2D eigenvalue weighted by Gasteiger charge is 2.20. The van der Waals surface area contributed by atoms with Crippen molar-refractivity contribution in [3.63, 3.8) is 0 Å². The summed E-state index contributed by atoms with van der Waals surface area (Å²) in [5, 5.41) is 16.5. The van der Waals surface area contributed by atoms with E-state index < -0.39 is 5.60 Å². The summed E-state index contributed by atoms with van der Waals surface area (Å²) in [6, 6.07) is -0.225. The SMILES string of the molecule is CCc1noc(CC)c1CNC(=O)N(C)CC(C)(C)O. The van der Waals surface area contributed by atoms with Crippen molar-refractivity contribution in [1.82, 2.24) is 15.4 Å². The standard InChI is InChI=1S/C14H25N3O3/c1-6-11-10(12(7-2)20-16-11)8-15-13(18)17(5)9-14(3,4)19/h19H,6-9H2,1-5H3,(H,15,18). The largest absolute Gasteiger partial charge is 0.389 e. The fourth-order valence-corrected chi connectivity index (χ4v) is 2.09. The predicted octanol–water partition coefficient (Wildman–Crippen LogP) is 1.71. The number of carbonyl (C=O) groups excluding carboxylic acids is 1. The van der Waals surface area contributed by atoms with Crippen LogP contribution in [-0.4, -0.2) is 40.4 Å². The van der Waals surface area contributed by atoms with E-state index in [0.717, 1.165) is 29.9 Å². The monoisotopic (exact) mass is 283 g/mol. The van der Waals surface area contributed by atoms with Crippen molar-refractivity contribution in [3.8, 4) is 0 Å². The van der Waals surface area contributed by atoms with E-state index in [1.54, 1.807) is 20.9 Å². The number of rotatable bonds is 6. The van der Waals surface area contributed by atoms with Gasteiger partial charge >= 0.3 is 6.03 Å². The minimum absolute atomic E-state index is 0.225. The normalized spacial score (nSPS) is 11.5. The van der Waals surface area contributed by atoms with Crippen molar-refractivity contribution in [1.29, 1.82) is 0 Å². The number of hydrogen-bond acceptors (Lipinski definition) is 4. The second-order valence-corrected chi connectivity index (χ2v) is 5.57. The molecule has 6 nitrogen and oxygen atoms in total. The highest BCUT2D eigenvalue weighted by Crippen LogP contribution is 2.15. The zero-order valence-corrected chi connectivity index (χ0v) is 13.0. The van der Waals surface area contributed by atoms with E-state index in [0.29, 0.717) is 6.54 Å². The lowest BCUT2D eigenvalue weighted by molar-refractivity contribution is 0.0531. The second kappa shape index (κ2) is 6.74. The van der Waals surface area contributed by atoms with Gasteiger partial charge in [0.15, 0.2) is 0 Å². The molecule has 0 spiro atoms. The summed E-state index contributed by atoms with van der Waals surface area (Å²) in [5.74, 6) is 0.812. The van der Waals surface area contributed by atoms with E-state index in [1.165, 1.54) is 4.90 Å². The lowest BCUT2D eigenvalue weighted by Crippen LogP contribution is -2.44. The van der Waals surface area contributed by atoms with Crippen LogP contribution in [0.2, 0.25) is 0 Å². The molecule has 6 heteroatoms. The maximum absolute atomic E-state index is 12.0. The van der Waals surface area contributed by atoms with Gasteiger partial charge in [-0.15, -0.1) is 0 Å². The molecule has 1 rings (SSSR count). The second-order valence-electron chi connectivity index (χ2n) is 5.57. The van der Waals surface area contributed by atoms with Crippen molar-refractivity contribution in [2.24, 2.45) is 0 Å². The number of aliphatic hydroxyl groups is 1. The first-order valence-corrected chi connectivity index (χ1v) is 6.96. The van der Waals surface area contributed by atoms with Crippen molar-refractivity contribution in [3.05, 3.63) is 17.0 Å². The number of nitrogens with zero attached hydrogens (tertiary/aromatic N) is 2. The molecule has 0 radical (unpaired) electrons. The Hall–Kier alpha value is -1.56. The lowest BCUT2D eigenvalue weighted by atomic mass is 10.1. The molecule has 0 aliphatic carbocycles. The zero-order valence-electron chi connectivity index (χ0n) is 13.0. The van der Waals surface area contributed by atoms with Crippen LogP contribution < -0.4 is 5.32 Å². The first-order chi connectivity index (χ1) is 9.28. The van der Waals surface area contributed by atoms with Gasteiger partial charge in [-0.25, -0.2) is 4.79 Å². The van der Waals surface area contributed by atoms with Crippen molar-refractivity contribution < 1.29 is 14.4 Å². The molecule has 0 aliphatic heterocycles. The smallest absolute Gasteiger partial charge is 0.317 e. The zero-order chi connectivity index (χ0) is 15.3. The van der Waals surface area contributed by atoms with Gasteiger partial charge in [0.05, 0.1) is 17.8 Å². The summed E-state index contributed by atoms with van der Waals surface area (Å²) >= 11 is 0.